The number of fused-ring (bicyclic) bond motifs is 1. The number of nitrogens with zero attached hydrogens (tertiary/aromatic N) is 6. The van der Waals surface area contributed by atoms with Crippen molar-refractivity contribution in [3.63, 3.8) is 0 Å². The van der Waals surface area contributed by atoms with E-state index in [-0.39, 0.29) is 25.5 Å². The molecule has 3 aliphatic heterocycles. The van der Waals surface area contributed by atoms with E-state index < -0.39 is 0 Å². The fourth-order valence-corrected chi connectivity index (χ4v) is 6.03. The summed E-state index contributed by atoms with van der Waals surface area (Å²) in [6.45, 7) is 6.12. The van der Waals surface area contributed by atoms with Gasteiger partial charge in [-0.15, -0.1) is 0 Å². The average molecular weight is 544 g/mol. The normalized spacial score (nSPS) is 20.2. The molecule has 1 atom stereocenters. The van der Waals surface area contributed by atoms with E-state index in [1.165, 1.54) is 6.42 Å². The minimum atomic E-state index is -0.351. The number of aliphatic hydroxyl groups excluding tert-OH is 1. The molecule has 3 fully saturated rings. The largest absolute Gasteiger partial charge is 0.391 e. The van der Waals surface area contributed by atoms with E-state index in [9.17, 15) is 9.90 Å². The summed E-state index contributed by atoms with van der Waals surface area (Å²) in [6.07, 6.45) is 3.78. The summed E-state index contributed by atoms with van der Waals surface area (Å²) in [5, 5.41) is 13.9. The summed E-state index contributed by atoms with van der Waals surface area (Å²) in [4.78, 5) is 34.2. The van der Waals surface area contributed by atoms with E-state index >= 15 is 0 Å². The van der Waals surface area contributed by atoms with Gasteiger partial charge in [-0.05, 0) is 43.9 Å². The van der Waals surface area contributed by atoms with Crippen LogP contribution in [-0.4, -0.2) is 84.6 Å². The van der Waals surface area contributed by atoms with Crippen LogP contribution in [-0.2, 0) is 4.74 Å². The zero-order chi connectivity index (χ0) is 24.5. The Morgan fingerprint density at radius 3 is 2.57 bits per heavy atom. The van der Waals surface area contributed by atoms with Crippen molar-refractivity contribution in [3.8, 4) is 0 Å². The Bertz CT molecular complexity index is 1240. The highest BCUT2D eigenvalue weighted by atomic mass is 32.1. The van der Waals surface area contributed by atoms with Crippen LogP contribution < -0.4 is 20.0 Å². The zero-order valence-corrected chi connectivity index (χ0v) is 22.5. The quantitative estimate of drug-likeness (QED) is 0.502. The van der Waals surface area contributed by atoms with Crippen molar-refractivity contribution in [1.82, 2.24) is 15.0 Å². The first-order chi connectivity index (χ1) is 17.6. The summed E-state index contributed by atoms with van der Waals surface area (Å²) in [5.74, 6) is 1.21. The number of pyridine rings is 2. The Morgan fingerprint density at radius 1 is 1.00 bits per heavy atom. The van der Waals surface area contributed by atoms with Crippen LogP contribution in [0.2, 0.25) is 0 Å². The van der Waals surface area contributed by atoms with Gasteiger partial charge in [-0.3, -0.25) is 4.79 Å². The fourth-order valence-electron chi connectivity index (χ4n) is 5.03. The van der Waals surface area contributed by atoms with Crippen LogP contribution in [0.4, 0.5) is 22.5 Å². The number of hydrogen-bond donors (Lipinski definition) is 2. The van der Waals surface area contributed by atoms with Gasteiger partial charge in [-0.25, -0.2) is 9.97 Å². The van der Waals surface area contributed by atoms with E-state index in [0.29, 0.717) is 49.0 Å². The molecule has 1 amide bonds. The molecule has 0 saturated carbocycles. The second-order valence-corrected chi connectivity index (χ2v) is 10.6. The lowest BCUT2D eigenvalue weighted by Crippen LogP contribution is -2.36. The molecule has 6 heterocycles. The predicted molar refractivity (Wildman–Crippen MR) is 152 cm³/mol. The van der Waals surface area contributed by atoms with Gasteiger partial charge >= 0.3 is 0 Å². The smallest absolute Gasteiger partial charge is 0.274 e. The van der Waals surface area contributed by atoms with E-state index in [1.54, 1.807) is 17.4 Å². The van der Waals surface area contributed by atoms with Crippen LogP contribution in [0.15, 0.2) is 24.3 Å². The number of rotatable bonds is 5. The van der Waals surface area contributed by atoms with Crippen LogP contribution in [0, 0.1) is 0 Å². The van der Waals surface area contributed by atoms with Crippen LogP contribution in [0.3, 0.4) is 0 Å². The molecule has 0 unspecified atom stereocenters. The highest BCUT2D eigenvalue weighted by Gasteiger charge is 2.24. The number of carbonyl (C=O) groups excluding carboxylic acids is 1. The molecule has 37 heavy (non-hydrogen) atoms. The molecule has 6 rings (SSSR count). The standard InChI is InChI=1S/C25H31N7O3S.H2S/c33-17-7-10-32(16-17)21-6-4-5-18(26-21)24(34)27-19-15-20-22(28-23(19)30-8-2-1-3-9-30)29-25(36-20)31-11-13-35-14-12-31;/h4-6,15,17,33H,1-3,7-14,16H2,(H,27,34);1H2/t17-;/m0./s1. The second kappa shape index (κ2) is 11.4. The van der Waals surface area contributed by atoms with Crippen molar-refractivity contribution in [2.45, 2.75) is 31.8 Å². The van der Waals surface area contributed by atoms with E-state index in [2.05, 4.69) is 20.1 Å². The Hall–Kier alpha value is -2.67. The number of thiazole rings is 1. The highest BCUT2D eigenvalue weighted by Crippen LogP contribution is 2.35. The molecular weight excluding hydrogens is 510 g/mol. The number of nitrogens with one attached hydrogen (secondary N) is 1. The summed E-state index contributed by atoms with van der Waals surface area (Å²) >= 11 is 1.60. The maximum Gasteiger partial charge on any atom is 0.274 e. The molecular formula is C25H33N7O3S2. The zero-order valence-electron chi connectivity index (χ0n) is 20.7. The van der Waals surface area contributed by atoms with Gasteiger partial charge in [0.05, 0.1) is 29.7 Å². The Balaban J connectivity index is 0.00000280. The number of ether oxygens (including phenoxy) is 1. The number of piperidine rings is 1. The van der Waals surface area contributed by atoms with Crippen LogP contribution in [0.1, 0.15) is 36.2 Å². The maximum atomic E-state index is 13.3. The van der Waals surface area contributed by atoms with Crippen molar-refractivity contribution in [1.29, 1.82) is 0 Å². The minimum absolute atomic E-state index is 0. The fraction of sp³-hybridized carbons (Fsp3) is 0.520. The molecule has 0 radical (unpaired) electrons. The second-order valence-electron chi connectivity index (χ2n) is 9.55. The van der Waals surface area contributed by atoms with E-state index in [0.717, 1.165) is 61.2 Å². The molecule has 3 aromatic heterocycles. The lowest BCUT2D eigenvalue weighted by Gasteiger charge is -2.29. The average Bonchev–Trinajstić information content (AvgIpc) is 3.55. The number of amides is 1. The SMILES string of the molecule is O=C(Nc1cc2sc(N3CCOCC3)nc2nc1N1CCCCC1)c1cccc(N2CC[C@H](O)C2)n1.S. The summed E-state index contributed by atoms with van der Waals surface area (Å²) in [5.41, 5.74) is 1.75. The number of hydrogen-bond acceptors (Lipinski definition) is 10. The Labute approximate surface area is 227 Å². The third-order valence-corrected chi connectivity index (χ3v) is 8.04. The molecule has 0 aliphatic carbocycles. The number of aliphatic hydroxyl groups is 1. The van der Waals surface area contributed by atoms with Crippen molar-refractivity contribution in [3.05, 3.63) is 30.0 Å². The van der Waals surface area contributed by atoms with Gasteiger partial charge in [-0.2, -0.15) is 18.5 Å². The Morgan fingerprint density at radius 2 is 1.81 bits per heavy atom. The van der Waals surface area contributed by atoms with Crippen molar-refractivity contribution in [2.24, 2.45) is 0 Å². The minimum Gasteiger partial charge on any atom is -0.391 e. The molecule has 3 aromatic rings. The van der Waals surface area contributed by atoms with Crippen LogP contribution >= 0.6 is 24.8 Å². The van der Waals surface area contributed by atoms with Crippen LogP contribution in [0.5, 0.6) is 0 Å². The molecule has 0 aromatic carbocycles. The number of aromatic nitrogens is 3. The summed E-state index contributed by atoms with van der Waals surface area (Å²) in [7, 11) is 0. The molecule has 0 bridgehead atoms. The molecule has 3 aliphatic rings. The molecule has 12 heteroatoms. The highest BCUT2D eigenvalue weighted by molar-refractivity contribution is 7.59. The van der Waals surface area contributed by atoms with Gasteiger partial charge in [0.15, 0.2) is 16.6 Å². The van der Waals surface area contributed by atoms with Gasteiger partial charge in [0, 0.05) is 39.3 Å². The number of anilines is 4. The summed E-state index contributed by atoms with van der Waals surface area (Å²) < 4.78 is 6.43. The molecule has 198 valence electrons. The van der Waals surface area contributed by atoms with Crippen molar-refractivity contribution in [2.75, 3.05) is 72.5 Å². The first kappa shape index (κ1) is 26.0. The molecule has 3 saturated heterocycles. The van der Waals surface area contributed by atoms with Gasteiger partial charge in [0.25, 0.3) is 5.91 Å². The van der Waals surface area contributed by atoms with E-state index in [1.807, 2.05) is 23.1 Å². The lowest BCUT2D eigenvalue weighted by atomic mass is 10.1. The number of β-amino-alcohol motifs (C(OH)–C–C–N with tert-alkyl or cyclic N) is 1. The van der Waals surface area contributed by atoms with Gasteiger partial charge in [0.1, 0.15) is 11.5 Å². The predicted octanol–water partition coefficient (Wildman–Crippen LogP) is 2.85. The van der Waals surface area contributed by atoms with Crippen molar-refractivity contribution < 1.29 is 14.6 Å². The molecule has 10 nitrogen and oxygen atoms in total. The molecule has 2 N–H and O–H groups in total. The Kier molecular flexibility index (Phi) is 7.98. The maximum absolute atomic E-state index is 13.3. The van der Waals surface area contributed by atoms with Gasteiger partial charge in [0.2, 0.25) is 0 Å². The monoisotopic (exact) mass is 543 g/mol. The topological polar surface area (TPSA) is 107 Å². The van der Waals surface area contributed by atoms with Gasteiger partial charge in [-0.1, -0.05) is 17.4 Å². The molecule has 0 spiro atoms. The van der Waals surface area contributed by atoms with Gasteiger partial charge < -0.3 is 29.9 Å². The first-order valence-electron chi connectivity index (χ1n) is 12.7. The number of morpholine rings is 1. The first-order valence-corrected chi connectivity index (χ1v) is 13.6. The third-order valence-electron chi connectivity index (χ3n) is 6.99. The number of carbonyl (C=O) groups is 1. The van der Waals surface area contributed by atoms with E-state index in [4.69, 9.17) is 14.7 Å². The summed E-state index contributed by atoms with van der Waals surface area (Å²) in [6, 6.07) is 7.45. The lowest BCUT2D eigenvalue weighted by molar-refractivity contribution is 0.102. The van der Waals surface area contributed by atoms with Crippen molar-refractivity contribution >= 4 is 63.5 Å². The van der Waals surface area contributed by atoms with Crippen LogP contribution in [0.25, 0.3) is 10.3 Å². The third kappa shape index (κ3) is 5.62.